The van der Waals surface area contributed by atoms with Gasteiger partial charge in [0.1, 0.15) is 17.2 Å². The molecule has 0 unspecified atom stereocenters. The van der Waals surface area contributed by atoms with Crippen molar-refractivity contribution in [3.63, 3.8) is 0 Å². The van der Waals surface area contributed by atoms with E-state index in [2.05, 4.69) is 0 Å². The van der Waals surface area contributed by atoms with Gasteiger partial charge in [0.15, 0.2) is 0 Å². The lowest BCUT2D eigenvalue weighted by molar-refractivity contribution is -0.0231. The first-order valence-electron chi connectivity index (χ1n) is 12.5. The normalized spacial score (nSPS) is 20.5. The fraction of sp³-hybridized carbons (Fsp3) is 0.692. The van der Waals surface area contributed by atoms with Gasteiger partial charge in [0.05, 0.1) is 18.8 Å². The van der Waals surface area contributed by atoms with Crippen LogP contribution in [0, 0.1) is 17.2 Å². The number of carbonyl (C=O) groups is 2. The van der Waals surface area contributed by atoms with Crippen molar-refractivity contribution in [1.82, 2.24) is 9.80 Å². The van der Waals surface area contributed by atoms with Gasteiger partial charge in [-0.2, -0.15) is 0 Å². The molecule has 1 aromatic carbocycles. The van der Waals surface area contributed by atoms with Gasteiger partial charge in [0, 0.05) is 32.7 Å². The molecule has 1 aromatic rings. The third-order valence-corrected chi connectivity index (χ3v) is 7.79. The molecule has 0 aromatic heterocycles. The Morgan fingerprint density at radius 2 is 1.91 bits per heavy atom. The van der Waals surface area contributed by atoms with E-state index in [0.717, 1.165) is 51.6 Å². The molecular weight excluding hydrogens is 439 g/mol. The number of halogens is 1. The van der Waals surface area contributed by atoms with Crippen molar-refractivity contribution in [2.45, 2.75) is 63.9 Å². The highest BCUT2D eigenvalue weighted by Gasteiger charge is 2.47. The summed E-state index contributed by atoms with van der Waals surface area (Å²) in [5, 5.41) is 8.94. The van der Waals surface area contributed by atoms with Crippen LogP contribution in [-0.4, -0.2) is 72.4 Å². The quantitative estimate of drug-likeness (QED) is 0.540. The number of hydrogen-bond donors (Lipinski definition) is 1. The molecule has 0 radical (unpaired) electrons. The monoisotopic (exact) mass is 476 g/mol. The van der Waals surface area contributed by atoms with Crippen molar-refractivity contribution >= 4 is 12.0 Å². The number of aliphatic hydroxyl groups is 1. The van der Waals surface area contributed by atoms with Crippen LogP contribution in [0.15, 0.2) is 18.2 Å². The van der Waals surface area contributed by atoms with Gasteiger partial charge in [-0.15, -0.1) is 0 Å². The van der Waals surface area contributed by atoms with Crippen molar-refractivity contribution < 1.29 is 28.6 Å². The summed E-state index contributed by atoms with van der Waals surface area (Å²) in [6, 6.07) is 4.30. The lowest BCUT2D eigenvalue weighted by Gasteiger charge is -2.52. The molecule has 188 valence electrons. The predicted molar refractivity (Wildman–Crippen MR) is 125 cm³/mol. The number of carbonyl (C=O) groups excluding carboxylic acids is 2. The third kappa shape index (κ3) is 5.82. The van der Waals surface area contributed by atoms with Crippen LogP contribution in [0.3, 0.4) is 0 Å². The summed E-state index contributed by atoms with van der Waals surface area (Å²) >= 11 is 0. The van der Waals surface area contributed by atoms with Crippen molar-refractivity contribution in [2.24, 2.45) is 11.3 Å². The molecule has 8 heteroatoms. The number of rotatable bonds is 9. The fourth-order valence-corrected chi connectivity index (χ4v) is 5.27. The second-order valence-corrected chi connectivity index (χ2v) is 10.7. The first kappa shape index (κ1) is 24.8. The molecule has 4 rings (SSSR count). The summed E-state index contributed by atoms with van der Waals surface area (Å²) in [5.74, 6) is 0.0288. The Kier molecular flexibility index (Phi) is 7.36. The zero-order valence-electron chi connectivity index (χ0n) is 20.4. The van der Waals surface area contributed by atoms with E-state index in [1.807, 2.05) is 11.8 Å². The molecule has 2 saturated carbocycles. The highest BCUT2D eigenvalue weighted by molar-refractivity contribution is 5.94. The lowest BCUT2D eigenvalue weighted by atomic mass is 9.56. The van der Waals surface area contributed by atoms with E-state index < -0.39 is 11.7 Å². The largest absolute Gasteiger partial charge is 0.493 e. The molecule has 1 N–H and O–H groups in total. The Hall–Kier alpha value is -2.35. The van der Waals surface area contributed by atoms with E-state index in [4.69, 9.17) is 14.6 Å². The molecule has 3 aliphatic rings. The number of piperidine rings is 1. The number of nitrogens with zero attached hydrogens (tertiary/aromatic N) is 2. The number of hydrogen-bond acceptors (Lipinski definition) is 5. The van der Waals surface area contributed by atoms with E-state index in [9.17, 15) is 14.0 Å². The lowest BCUT2D eigenvalue weighted by Crippen LogP contribution is -2.49. The van der Waals surface area contributed by atoms with Gasteiger partial charge in [-0.1, -0.05) is 0 Å². The van der Waals surface area contributed by atoms with Crippen molar-refractivity contribution in [1.29, 1.82) is 0 Å². The van der Waals surface area contributed by atoms with Gasteiger partial charge < -0.3 is 24.4 Å². The van der Waals surface area contributed by atoms with Gasteiger partial charge >= 0.3 is 6.09 Å². The highest BCUT2D eigenvalue weighted by Crippen LogP contribution is 2.54. The van der Waals surface area contributed by atoms with E-state index in [1.54, 1.807) is 6.07 Å². The highest BCUT2D eigenvalue weighted by atomic mass is 19.1. The zero-order chi connectivity index (χ0) is 24.3. The molecule has 0 atom stereocenters. The average molecular weight is 477 g/mol. The number of likely N-dealkylation sites (N-methyl/N-ethyl adjacent to an activating group) is 1. The first-order valence-corrected chi connectivity index (χ1v) is 12.5. The molecule has 34 heavy (non-hydrogen) atoms. The fourth-order valence-electron chi connectivity index (χ4n) is 5.27. The molecule has 0 bridgehead atoms. The average Bonchev–Trinajstić information content (AvgIpc) is 3.51. The summed E-state index contributed by atoms with van der Waals surface area (Å²) in [6.07, 6.45) is 8.33. The van der Waals surface area contributed by atoms with Crippen LogP contribution in [0.2, 0.25) is 0 Å². The van der Waals surface area contributed by atoms with Crippen molar-refractivity contribution in [2.75, 3.05) is 39.9 Å². The van der Waals surface area contributed by atoms with Gasteiger partial charge in [-0.25, -0.2) is 9.18 Å². The van der Waals surface area contributed by atoms with E-state index in [1.165, 1.54) is 36.9 Å². The zero-order valence-corrected chi connectivity index (χ0v) is 20.4. The van der Waals surface area contributed by atoms with Crippen LogP contribution in [0.25, 0.3) is 0 Å². The molecular formula is C26H37FN2O5. The number of ether oxygens (including phenoxy) is 2. The van der Waals surface area contributed by atoms with Gasteiger partial charge in [0.2, 0.25) is 0 Å². The first-order chi connectivity index (χ1) is 16.2. The molecule has 1 saturated heterocycles. The summed E-state index contributed by atoms with van der Waals surface area (Å²) < 4.78 is 25.7. The van der Waals surface area contributed by atoms with E-state index >= 15 is 0 Å². The SMILES string of the molecule is CN(CCO)C(=O)c1ccc(OCCCC2CC3(CCN(C(=O)OC4(C)CC4)CC3)C2)cc1F. The van der Waals surface area contributed by atoms with Gasteiger partial charge in [0.25, 0.3) is 5.91 Å². The standard InChI is InChI=1S/C26H37FN2O5/c1-25(7-8-25)34-24(32)29-11-9-26(10-12-29)17-19(18-26)4-3-15-33-20-5-6-21(22(27)16-20)23(31)28(2)13-14-30/h5-6,16,19,30H,3-4,7-15,17-18H2,1-2H3. The second-order valence-electron chi connectivity index (χ2n) is 10.7. The Morgan fingerprint density at radius 3 is 2.53 bits per heavy atom. The van der Waals surface area contributed by atoms with E-state index in [-0.39, 0.29) is 30.4 Å². The molecule has 2 amide bonds. The maximum Gasteiger partial charge on any atom is 0.410 e. The van der Waals surface area contributed by atoms with Crippen molar-refractivity contribution in [3.05, 3.63) is 29.6 Å². The minimum atomic E-state index is -0.616. The maximum atomic E-state index is 14.3. The van der Waals surface area contributed by atoms with Crippen LogP contribution < -0.4 is 4.74 Å². The van der Waals surface area contributed by atoms with Crippen molar-refractivity contribution in [3.8, 4) is 5.75 Å². The molecule has 2 aliphatic carbocycles. The Morgan fingerprint density at radius 1 is 1.21 bits per heavy atom. The summed E-state index contributed by atoms with van der Waals surface area (Å²) in [5.41, 5.74) is 0.155. The molecule has 1 aliphatic heterocycles. The van der Waals surface area contributed by atoms with Crippen LogP contribution >= 0.6 is 0 Å². The number of amides is 2. The minimum Gasteiger partial charge on any atom is -0.493 e. The summed E-state index contributed by atoms with van der Waals surface area (Å²) in [7, 11) is 1.53. The maximum absolute atomic E-state index is 14.3. The predicted octanol–water partition coefficient (Wildman–Crippen LogP) is 4.23. The van der Waals surface area contributed by atoms with Gasteiger partial charge in [-0.05, 0) is 81.8 Å². The second kappa shape index (κ2) is 10.1. The Balaban J connectivity index is 1.12. The summed E-state index contributed by atoms with van der Waals surface area (Å²) in [4.78, 5) is 27.6. The number of likely N-dealkylation sites (tertiary alicyclic amines) is 1. The Bertz CT molecular complexity index is 887. The topological polar surface area (TPSA) is 79.3 Å². The summed E-state index contributed by atoms with van der Waals surface area (Å²) in [6.45, 7) is 4.10. The molecule has 1 spiro atoms. The van der Waals surface area contributed by atoms with Gasteiger partial charge in [-0.3, -0.25) is 4.79 Å². The third-order valence-electron chi connectivity index (χ3n) is 7.79. The molecule has 1 heterocycles. The minimum absolute atomic E-state index is 0.0240. The number of benzene rings is 1. The van der Waals surface area contributed by atoms with Crippen LogP contribution in [0.1, 0.15) is 68.6 Å². The Labute approximate surface area is 201 Å². The van der Waals surface area contributed by atoms with E-state index in [0.29, 0.717) is 23.7 Å². The molecule has 7 nitrogen and oxygen atoms in total. The molecule has 3 fully saturated rings. The number of aliphatic hydroxyl groups excluding tert-OH is 1. The smallest absolute Gasteiger partial charge is 0.410 e. The van der Waals surface area contributed by atoms with Crippen LogP contribution in [0.4, 0.5) is 9.18 Å². The van der Waals surface area contributed by atoms with Crippen LogP contribution in [0.5, 0.6) is 5.75 Å². The van der Waals surface area contributed by atoms with Crippen LogP contribution in [-0.2, 0) is 4.74 Å².